The minimum atomic E-state index is -0.697. The monoisotopic (exact) mass is 262 g/mol. The standard InChI is InChI=1S/C14H18N2O3/c1-5-14(17)16(2)12(9-15)11-8-10(18-3)6-7-13(11)19-4/h6-8,12H,5H2,1-4H3. The van der Waals surface area contributed by atoms with Gasteiger partial charge < -0.3 is 14.4 Å². The molecule has 0 radical (unpaired) electrons. The summed E-state index contributed by atoms with van der Waals surface area (Å²) in [6.07, 6.45) is 0.348. The van der Waals surface area contributed by atoms with Gasteiger partial charge >= 0.3 is 0 Å². The molecule has 102 valence electrons. The lowest BCUT2D eigenvalue weighted by atomic mass is 10.0. The number of benzene rings is 1. The zero-order valence-electron chi connectivity index (χ0n) is 11.6. The van der Waals surface area contributed by atoms with Crippen molar-refractivity contribution in [2.45, 2.75) is 19.4 Å². The van der Waals surface area contributed by atoms with Crippen LogP contribution >= 0.6 is 0 Å². The Bertz CT molecular complexity index is 494. The van der Waals surface area contributed by atoms with Gasteiger partial charge in [-0.3, -0.25) is 4.79 Å². The molecule has 1 rings (SSSR count). The maximum Gasteiger partial charge on any atom is 0.223 e. The van der Waals surface area contributed by atoms with Crippen LogP contribution in [0.15, 0.2) is 18.2 Å². The molecule has 0 aromatic heterocycles. The summed E-state index contributed by atoms with van der Waals surface area (Å²) in [7, 11) is 4.69. The smallest absolute Gasteiger partial charge is 0.223 e. The second-order valence-corrected chi connectivity index (χ2v) is 4.00. The average Bonchev–Trinajstić information content (AvgIpc) is 2.46. The Labute approximate surface area is 113 Å². The van der Waals surface area contributed by atoms with Crippen LogP contribution in [0.4, 0.5) is 0 Å². The van der Waals surface area contributed by atoms with Crippen molar-refractivity contribution in [2.75, 3.05) is 21.3 Å². The SMILES string of the molecule is CCC(=O)N(C)C(C#N)c1cc(OC)ccc1OC. The van der Waals surface area contributed by atoms with Crippen LogP contribution in [-0.2, 0) is 4.79 Å². The average molecular weight is 262 g/mol. The van der Waals surface area contributed by atoms with Gasteiger partial charge in [0.05, 0.1) is 20.3 Å². The molecule has 1 aromatic rings. The van der Waals surface area contributed by atoms with Crippen LogP contribution < -0.4 is 9.47 Å². The molecule has 0 saturated carbocycles. The summed E-state index contributed by atoms with van der Waals surface area (Å²) in [5.41, 5.74) is 0.619. The molecule has 19 heavy (non-hydrogen) atoms. The summed E-state index contributed by atoms with van der Waals surface area (Å²) < 4.78 is 10.4. The van der Waals surface area contributed by atoms with Crippen LogP contribution in [0.2, 0.25) is 0 Å². The van der Waals surface area contributed by atoms with Crippen LogP contribution in [0.1, 0.15) is 24.9 Å². The molecule has 0 aliphatic rings. The summed E-state index contributed by atoms with van der Waals surface area (Å²) in [5.74, 6) is 1.08. The third-order valence-corrected chi connectivity index (χ3v) is 2.94. The first-order valence-electron chi connectivity index (χ1n) is 5.96. The fourth-order valence-corrected chi connectivity index (χ4v) is 1.81. The molecule has 1 unspecified atom stereocenters. The quantitative estimate of drug-likeness (QED) is 0.815. The summed E-state index contributed by atoms with van der Waals surface area (Å²) in [4.78, 5) is 13.2. The number of methoxy groups -OCH3 is 2. The first-order valence-corrected chi connectivity index (χ1v) is 5.96. The number of ether oxygens (including phenoxy) is 2. The summed E-state index contributed by atoms with van der Waals surface area (Å²) >= 11 is 0. The van der Waals surface area contributed by atoms with E-state index in [0.717, 1.165) is 0 Å². The molecule has 0 aliphatic heterocycles. The summed E-state index contributed by atoms with van der Waals surface area (Å²) in [6.45, 7) is 1.76. The van der Waals surface area contributed by atoms with Gasteiger partial charge in [-0.2, -0.15) is 5.26 Å². The first kappa shape index (κ1) is 14.8. The number of nitriles is 1. The summed E-state index contributed by atoms with van der Waals surface area (Å²) in [5, 5.41) is 9.34. The third-order valence-electron chi connectivity index (χ3n) is 2.94. The number of carbonyl (C=O) groups excluding carboxylic acids is 1. The number of carbonyl (C=O) groups is 1. The van der Waals surface area contributed by atoms with E-state index in [1.165, 1.54) is 12.0 Å². The van der Waals surface area contributed by atoms with Gasteiger partial charge in [0.15, 0.2) is 0 Å². The molecule has 1 aromatic carbocycles. The highest BCUT2D eigenvalue weighted by molar-refractivity contribution is 5.76. The van der Waals surface area contributed by atoms with Gasteiger partial charge in [0.25, 0.3) is 0 Å². The summed E-state index contributed by atoms with van der Waals surface area (Å²) in [6, 6.07) is 6.62. The second kappa shape index (κ2) is 6.64. The van der Waals surface area contributed by atoms with Gasteiger partial charge in [0, 0.05) is 19.0 Å². The van der Waals surface area contributed by atoms with E-state index in [2.05, 4.69) is 6.07 Å². The van der Waals surface area contributed by atoms with Gasteiger partial charge in [0.2, 0.25) is 5.91 Å². The molecule has 0 N–H and O–H groups in total. The Morgan fingerprint density at radius 2 is 2.11 bits per heavy atom. The lowest BCUT2D eigenvalue weighted by Crippen LogP contribution is -2.30. The highest BCUT2D eigenvalue weighted by Gasteiger charge is 2.24. The second-order valence-electron chi connectivity index (χ2n) is 4.00. The van der Waals surface area contributed by atoms with Gasteiger partial charge in [-0.15, -0.1) is 0 Å². The van der Waals surface area contributed by atoms with Crippen LogP contribution in [0, 0.1) is 11.3 Å². The number of hydrogen-bond donors (Lipinski definition) is 0. The molecule has 0 saturated heterocycles. The largest absolute Gasteiger partial charge is 0.497 e. The lowest BCUT2D eigenvalue weighted by molar-refractivity contribution is -0.130. The van der Waals surface area contributed by atoms with Crippen molar-refractivity contribution in [3.8, 4) is 17.6 Å². The normalized spacial score (nSPS) is 11.3. The van der Waals surface area contributed by atoms with Crippen LogP contribution in [-0.4, -0.2) is 32.1 Å². The highest BCUT2D eigenvalue weighted by Crippen LogP contribution is 2.32. The van der Waals surface area contributed by atoms with Crippen molar-refractivity contribution in [3.05, 3.63) is 23.8 Å². The van der Waals surface area contributed by atoms with E-state index in [-0.39, 0.29) is 5.91 Å². The van der Waals surface area contributed by atoms with Crippen molar-refractivity contribution in [1.29, 1.82) is 5.26 Å². The van der Waals surface area contributed by atoms with Crippen molar-refractivity contribution in [1.82, 2.24) is 4.90 Å². The Kier molecular flexibility index (Phi) is 5.19. The fourth-order valence-electron chi connectivity index (χ4n) is 1.81. The van der Waals surface area contributed by atoms with Gasteiger partial charge in [-0.1, -0.05) is 6.92 Å². The minimum Gasteiger partial charge on any atom is -0.497 e. The molecule has 0 heterocycles. The van der Waals surface area contributed by atoms with Crippen molar-refractivity contribution in [2.24, 2.45) is 0 Å². The number of hydrogen-bond acceptors (Lipinski definition) is 4. The molecule has 0 aliphatic carbocycles. The van der Waals surface area contributed by atoms with Gasteiger partial charge in [0.1, 0.15) is 17.5 Å². The zero-order valence-corrected chi connectivity index (χ0v) is 11.6. The molecule has 5 heteroatoms. The van der Waals surface area contributed by atoms with E-state index in [1.54, 1.807) is 39.3 Å². The Balaban J connectivity index is 3.24. The zero-order chi connectivity index (χ0) is 14.4. The van der Waals surface area contributed by atoms with E-state index in [0.29, 0.717) is 23.5 Å². The molecule has 0 bridgehead atoms. The van der Waals surface area contributed by atoms with Crippen molar-refractivity contribution < 1.29 is 14.3 Å². The van der Waals surface area contributed by atoms with E-state index in [4.69, 9.17) is 9.47 Å². The first-order chi connectivity index (χ1) is 9.08. The molecular weight excluding hydrogens is 244 g/mol. The van der Waals surface area contributed by atoms with Gasteiger partial charge in [-0.25, -0.2) is 0 Å². The minimum absolute atomic E-state index is 0.101. The Morgan fingerprint density at radius 3 is 2.58 bits per heavy atom. The number of rotatable bonds is 5. The van der Waals surface area contributed by atoms with Crippen molar-refractivity contribution >= 4 is 5.91 Å². The van der Waals surface area contributed by atoms with E-state index in [9.17, 15) is 10.1 Å². The topological polar surface area (TPSA) is 62.6 Å². The van der Waals surface area contributed by atoms with Crippen LogP contribution in [0.5, 0.6) is 11.5 Å². The molecule has 0 fully saturated rings. The number of amides is 1. The Hall–Kier alpha value is -2.22. The van der Waals surface area contributed by atoms with E-state index >= 15 is 0 Å². The molecule has 1 amide bonds. The van der Waals surface area contributed by atoms with Gasteiger partial charge in [-0.05, 0) is 18.2 Å². The third kappa shape index (κ3) is 3.16. The highest BCUT2D eigenvalue weighted by atomic mass is 16.5. The van der Waals surface area contributed by atoms with Crippen molar-refractivity contribution in [3.63, 3.8) is 0 Å². The maximum atomic E-state index is 11.7. The van der Waals surface area contributed by atoms with Crippen LogP contribution in [0.3, 0.4) is 0 Å². The fraction of sp³-hybridized carbons (Fsp3) is 0.429. The lowest BCUT2D eigenvalue weighted by Gasteiger charge is -2.24. The molecular formula is C14H18N2O3. The van der Waals surface area contributed by atoms with E-state index < -0.39 is 6.04 Å². The molecule has 5 nitrogen and oxygen atoms in total. The molecule has 1 atom stereocenters. The van der Waals surface area contributed by atoms with E-state index in [1.807, 2.05) is 0 Å². The molecule has 0 spiro atoms. The van der Waals surface area contributed by atoms with Crippen LogP contribution in [0.25, 0.3) is 0 Å². The predicted molar refractivity (Wildman–Crippen MR) is 71.0 cm³/mol. The maximum absolute atomic E-state index is 11.7. The predicted octanol–water partition coefficient (Wildman–Crippen LogP) is 2.14. The number of nitrogens with zero attached hydrogens (tertiary/aromatic N) is 2. The Morgan fingerprint density at radius 1 is 1.42 bits per heavy atom.